The largest absolute Gasteiger partial charge is 0.414 e. The van der Waals surface area contributed by atoms with Crippen LogP contribution in [0.4, 0.5) is 4.79 Å². The van der Waals surface area contributed by atoms with Crippen LogP contribution in [0.5, 0.6) is 5.88 Å². The molecule has 1 amide bonds. The van der Waals surface area contributed by atoms with E-state index in [2.05, 4.69) is 11.4 Å². The van der Waals surface area contributed by atoms with Crippen molar-refractivity contribution in [2.45, 2.75) is 75.6 Å². The van der Waals surface area contributed by atoms with Gasteiger partial charge in [-0.2, -0.15) is 0 Å². The fraction of sp³-hybridized carbons (Fsp3) is 0.400. The van der Waals surface area contributed by atoms with Gasteiger partial charge in [0.2, 0.25) is 15.9 Å². The van der Waals surface area contributed by atoms with E-state index >= 15 is 0 Å². The van der Waals surface area contributed by atoms with Crippen LogP contribution in [-0.2, 0) is 16.4 Å². The summed E-state index contributed by atoms with van der Waals surface area (Å²) in [6.45, 7) is 2.04. The maximum absolute atomic E-state index is 13.1. The number of nitrogens with two attached hydrogens (primary N) is 1. The zero-order chi connectivity index (χ0) is 28.3. The third kappa shape index (κ3) is 6.59. The van der Waals surface area contributed by atoms with Crippen LogP contribution in [0.1, 0.15) is 75.1 Å². The Hall–Kier alpha value is -3.14. The van der Waals surface area contributed by atoms with E-state index in [0.29, 0.717) is 23.0 Å². The SMILES string of the molecule is C[C@@H](NC(=O)Oc1nn(-c2ccc(S(N)(=O)=O)cc2)c2c1CCCC/C2=C\c1ccc(Cl)cc1)C1CCCCC1. The zero-order valence-electron chi connectivity index (χ0n) is 22.6. The number of sulfonamides is 1. The van der Waals surface area contributed by atoms with Crippen LogP contribution in [0.25, 0.3) is 17.3 Å². The quantitative estimate of drug-likeness (QED) is 0.322. The van der Waals surface area contributed by atoms with Crippen molar-refractivity contribution >= 4 is 39.4 Å². The molecule has 5 rings (SSSR count). The highest BCUT2D eigenvalue weighted by Gasteiger charge is 2.28. The van der Waals surface area contributed by atoms with Crippen molar-refractivity contribution in [2.24, 2.45) is 11.1 Å². The van der Waals surface area contributed by atoms with Crippen LogP contribution in [0.3, 0.4) is 0 Å². The van der Waals surface area contributed by atoms with Gasteiger partial charge in [-0.05, 0) is 105 Å². The molecule has 1 heterocycles. The summed E-state index contributed by atoms with van der Waals surface area (Å²) in [5.41, 5.74) is 4.38. The molecular formula is C30H35ClN4O4S. The van der Waals surface area contributed by atoms with Gasteiger partial charge in [-0.3, -0.25) is 0 Å². The lowest BCUT2D eigenvalue weighted by molar-refractivity contribution is 0.184. The van der Waals surface area contributed by atoms with Gasteiger partial charge in [0.25, 0.3) is 0 Å². The number of allylic oxidation sites excluding steroid dienone is 1. The van der Waals surface area contributed by atoms with Crippen molar-refractivity contribution in [3.63, 3.8) is 0 Å². The fourth-order valence-electron chi connectivity index (χ4n) is 5.72. The maximum atomic E-state index is 13.1. The number of ether oxygens (including phenoxy) is 1. The van der Waals surface area contributed by atoms with Crippen LogP contribution < -0.4 is 15.2 Å². The first kappa shape index (κ1) is 28.4. The molecule has 3 aromatic rings. The molecule has 2 aromatic carbocycles. The van der Waals surface area contributed by atoms with Gasteiger partial charge in [0.05, 0.1) is 16.3 Å². The smallest absolute Gasteiger partial charge is 0.389 e. The number of amides is 1. The average molecular weight is 583 g/mol. The first-order chi connectivity index (χ1) is 19.2. The van der Waals surface area contributed by atoms with Gasteiger partial charge in [0.15, 0.2) is 0 Å². The Morgan fingerprint density at radius 1 is 1.05 bits per heavy atom. The first-order valence-corrected chi connectivity index (χ1v) is 15.8. The molecule has 0 spiro atoms. The highest BCUT2D eigenvalue weighted by molar-refractivity contribution is 7.89. The summed E-state index contributed by atoms with van der Waals surface area (Å²) in [5.74, 6) is 0.713. The third-order valence-electron chi connectivity index (χ3n) is 7.89. The Balaban J connectivity index is 1.53. The second-order valence-corrected chi connectivity index (χ2v) is 12.7. The summed E-state index contributed by atoms with van der Waals surface area (Å²) in [4.78, 5) is 13.1. The molecule has 8 nitrogen and oxygen atoms in total. The lowest BCUT2D eigenvalue weighted by Gasteiger charge is -2.27. The van der Waals surface area contributed by atoms with Crippen LogP contribution in [0, 0.1) is 5.92 Å². The first-order valence-electron chi connectivity index (χ1n) is 13.9. The van der Waals surface area contributed by atoms with Crippen molar-refractivity contribution in [2.75, 3.05) is 0 Å². The molecule has 0 bridgehead atoms. The van der Waals surface area contributed by atoms with Crippen molar-refractivity contribution in [1.29, 1.82) is 0 Å². The standard InChI is InChI=1S/C30H35ClN4O4S/c1-20(22-7-3-2-4-8-22)33-30(36)39-29-27-10-6-5-9-23(19-21-11-13-24(31)14-12-21)28(27)35(34-29)25-15-17-26(18-16-25)40(32,37)38/h11-20,22H,2-10H2,1H3,(H,33,36)(H2,32,37,38)/b23-19+/t20-/m1/s1. The summed E-state index contributed by atoms with van der Waals surface area (Å²) in [7, 11) is -3.84. The predicted octanol–water partition coefficient (Wildman–Crippen LogP) is 6.50. The van der Waals surface area contributed by atoms with Gasteiger partial charge in [-0.25, -0.2) is 23.0 Å². The zero-order valence-corrected chi connectivity index (χ0v) is 24.2. The summed E-state index contributed by atoms with van der Waals surface area (Å²) in [5, 5.41) is 13.8. The van der Waals surface area contributed by atoms with E-state index in [4.69, 9.17) is 26.6 Å². The van der Waals surface area contributed by atoms with Crippen molar-refractivity contribution in [3.05, 3.63) is 70.4 Å². The number of carbonyl (C=O) groups is 1. The highest BCUT2D eigenvalue weighted by Crippen LogP contribution is 2.38. The van der Waals surface area contributed by atoms with Gasteiger partial charge < -0.3 is 10.1 Å². The van der Waals surface area contributed by atoms with Crippen LogP contribution >= 0.6 is 11.6 Å². The normalized spacial score (nSPS) is 18.1. The number of fused-ring (bicyclic) bond motifs is 1. The molecule has 212 valence electrons. The van der Waals surface area contributed by atoms with E-state index in [1.54, 1.807) is 16.8 Å². The van der Waals surface area contributed by atoms with Crippen LogP contribution in [-0.4, -0.2) is 30.3 Å². The summed E-state index contributed by atoms with van der Waals surface area (Å²) in [6, 6.07) is 13.9. The van der Waals surface area contributed by atoms with Crippen LogP contribution in [0.15, 0.2) is 53.4 Å². The Kier molecular flexibility index (Phi) is 8.63. The molecule has 1 aromatic heterocycles. The molecule has 1 saturated carbocycles. The number of aromatic nitrogens is 2. The number of nitrogens with one attached hydrogen (secondary N) is 1. The molecule has 0 unspecified atom stereocenters. The van der Waals surface area contributed by atoms with Gasteiger partial charge in [0.1, 0.15) is 0 Å². The highest BCUT2D eigenvalue weighted by atomic mass is 35.5. The van der Waals surface area contributed by atoms with Gasteiger partial charge in [-0.1, -0.05) is 43.0 Å². The van der Waals surface area contributed by atoms with Crippen molar-refractivity contribution in [1.82, 2.24) is 15.1 Å². The molecule has 0 radical (unpaired) electrons. The Bertz CT molecular complexity index is 1490. The Morgan fingerprint density at radius 2 is 1.73 bits per heavy atom. The van der Waals surface area contributed by atoms with E-state index in [9.17, 15) is 13.2 Å². The van der Waals surface area contributed by atoms with E-state index in [0.717, 1.165) is 54.5 Å². The average Bonchev–Trinajstić information content (AvgIpc) is 3.15. The summed E-state index contributed by atoms with van der Waals surface area (Å²) in [6.07, 6.45) is 10.8. The minimum atomic E-state index is -3.84. The lowest BCUT2D eigenvalue weighted by Crippen LogP contribution is -2.40. The minimum absolute atomic E-state index is 0.0129. The molecule has 2 aliphatic rings. The summed E-state index contributed by atoms with van der Waals surface area (Å²) < 4.78 is 31.3. The van der Waals surface area contributed by atoms with Gasteiger partial charge in [-0.15, -0.1) is 5.10 Å². The Labute approximate surface area is 240 Å². The predicted molar refractivity (Wildman–Crippen MR) is 157 cm³/mol. The third-order valence-corrected chi connectivity index (χ3v) is 9.07. The molecule has 1 fully saturated rings. The molecule has 0 saturated heterocycles. The molecular weight excluding hydrogens is 548 g/mol. The fourth-order valence-corrected chi connectivity index (χ4v) is 6.36. The van der Waals surface area contributed by atoms with E-state index in [-0.39, 0.29) is 16.8 Å². The molecule has 1 atom stereocenters. The van der Waals surface area contributed by atoms with E-state index in [1.165, 1.54) is 31.4 Å². The number of benzene rings is 2. The number of halogens is 1. The van der Waals surface area contributed by atoms with E-state index < -0.39 is 16.1 Å². The second kappa shape index (κ2) is 12.2. The number of carbonyl (C=O) groups excluding carboxylic acids is 1. The topological polar surface area (TPSA) is 116 Å². The van der Waals surface area contributed by atoms with Crippen LogP contribution in [0.2, 0.25) is 5.02 Å². The van der Waals surface area contributed by atoms with Crippen molar-refractivity contribution in [3.8, 4) is 11.6 Å². The van der Waals surface area contributed by atoms with Gasteiger partial charge >= 0.3 is 6.09 Å². The maximum Gasteiger partial charge on any atom is 0.414 e. The molecule has 0 aliphatic heterocycles. The second-order valence-electron chi connectivity index (χ2n) is 10.7. The number of rotatable bonds is 6. The number of hydrogen-bond donors (Lipinski definition) is 2. The van der Waals surface area contributed by atoms with E-state index in [1.807, 2.05) is 31.2 Å². The van der Waals surface area contributed by atoms with Gasteiger partial charge in [0, 0.05) is 16.6 Å². The molecule has 10 heteroatoms. The number of nitrogens with zero attached hydrogens (tertiary/aromatic N) is 2. The van der Waals surface area contributed by atoms with Crippen molar-refractivity contribution < 1.29 is 17.9 Å². The number of primary sulfonamides is 1. The minimum Gasteiger partial charge on any atom is -0.389 e. The monoisotopic (exact) mass is 582 g/mol. The molecule has 40 heavy (non-hydrogen) atoms. The molecule has 3 N–H and O–H groups in total. The lowest BCUT2D eigenvalue weighted by atomic mass is 9.85. The molecule has 2 aliphatic carbocycles. The summed E-state index contributed by atoms with van der Waals surface area (Å²) >= 11 is 6.11. The number of hydrogen-bond acceptors (Lipinski definition) is 5. The Morgan fingerprint density at radius 3 is 2.40 bits per heavy atom.